The molecule has 4 nitrogen and oxygen atoms in total. The molecular weight excluding hydrogens is 573 g/mol. The Morgan fingerprint density at radius 1 is 0.644 bits per heavy atom. The third kappa shape index (κ3) is 5.02. The van der Waals surface area contributed by atoms with Gasteiger partial charge in [0.05, 0.1) is 16.1 Å². The van der Waals surface area contributed by atoms with Crippen molar-refractivity contribution in [1.29, 1.82) is 0 Å². The lowest BCUT2D eigenvalue weighted by molar-refractivity contribution is 0.566. The first kappa shape index (κ1) is 29.0. The minimum atomic E-state index is -3.65. The predicted molar refractivity (Wildman–Crippen MR) is 184 cm³/mol. The van der Waals surface area contributed by atoms with E-state index in [-0.39, 0.29) is 11.4 Å². The molecule has 0 radical (unpaired) electrons. The van der Waals surface area contributed by atoms with E-state index in [1.54, 1.807) is 12.1 Å². The lowest BCUT2D eigenvalue weighted by atomic mass is 9.81. The van der Waals surface area contributed by atoms with Gasteiger partial charge in [0.25, 0.3) is 0 Å². The quantitative estimate of drug-likeness (QED) is 0.189. The average Bonchev–Trinajstić information content (AvgIpc) is 3.57. The second-order valence-electron chi connectivity index (χ2n) is 12.1. The zero-order valence-electron chi connectivity index (χ0n) is 25.8. The van der Waals surface area contributed by atoms with Crippen LogP contribution in [0.2, 0.25) is 0 Å². The Morgan fingerprint density at radius 3 is 1.78 bits per heavy atom. The Hall–Kier alpha value is -4.71. The molecule has 2 heterocycles. The number of aryl methyl sites for hydroxylation is 3. The van der Waals surface area contributed by atoms with Crippen LogP contribution in [0.5, 0.6) is 0 Å². The summed E-state index contributed by atoms with van der Waals surface area (Å²) in [5.41, 5.74) is 10.8. The van der Waals surface area contributed by atoms with Crippen LogP contribution >= 0.6 is 0 Å². The first-order valence-corrected chi connectivity index (χ1v) is 16.9. The van der Waals surface area contributed by atoms with E-state index in [1.165, 1.54) is 22.3 Å². The highest BCUT2D eigenvalue weighted by Gasteiger charge is 2.44. The van der Waals surface area contributed by atoms with Crippen LogP contribution in [0.15, 0.2) is 138 Å². The maximum atomic E-state index is 13.3. The zero-order chi connectivity index (χ0) is 31.2. The molecule has 1 aromatic heterocycles. The topological polar surface area (TPSA) is 51.1 Å². The summed E-state index contributed by atoms with van der Waals surface area (Å²) in [6.45, 7) is 6.47. The van der Waals surface area contributed by atoms with Crippen LogP contribution in [0.3, 0.4) is 0 Å². The summed E-state index contributed by atoms with van der Waals surface area (Å²) in [5, 5.41) is 1.13. The Labute approximate surface area is 265 Å². The number of sulfonamides is 1. The minimum Gasteiger partial charge on any atom is -0.322 e. The van der Waals surface area contributed by atoms with E-state index in [1.807, 2.05) is 25.1 Å². The highest BCUT2D eigenvalue weighted by atomic mass is 32.2. The lowest BCUT2D eigenvalue weighted by Gasteiger charge is -2.33. The number of hydrogen-bond acceptors (Lipinski definition) is 2. The van der Waals surface area contributed by atoms with Crippen molar-refractivity contribution in [3.8, 4) is 0 Å². The van der Waals surface area contributed by atoms with Crippen molar-refractivity contribution in [3.05, 3.63) is 178 Å². The van der Waals surface area contributed by atoms with Gasteiger partial charge in [-0.3, -0.25) is 0 Å². The molecule has 0 fully saturated rings. The fraction of sp³-hybridized carbons (Fsp3) is 0.150. The normalized spacial score (nSPS) is 14.0. The molecule has 45 heavy (non-hydrogen) atoms. The highest BCUT2D eigenvalue weighted by Crippen LogP contribution is 2.51. The van der Waals surface area contributed by atoms with E-state index < -0.39 is 15.6 Å². The number of allylic oxidation sites excluding steroid dienone is 1. The molecule has 0 atom stereocenters. The SMILES string of the molecule is Cc1ccc(C2(c3ccc(C)cc3)C=C(c3ccccc3)c3c(CCNS(=O)(=O)c4ccc(C)cc4)c4ccccc4n32)cc1. The van der Waals surface area contributed by atoms with Crippen LogP contribution in [0.1, 0.15) is 44.6 Å². The Kier molecular flexibility index (Phi) is 7.31. The Bertz CT molecular complexity index is 2100. The zero-order valence-corrected chi connectivity index (χ0v) is 26.6. The smallest absolute Gasteiger partial charge is 0.240 e. The molecule has 5 aromatic carbocycles. The van der Waals surface area contributed by atoms with Gasteiger partial charge < -0.3 is 4.57 Å². The Balaban J connectivity index is 1.45. The monoisotopic (exact) mass is 608 g/mol. The third-order valence-corrected chi connectivity index (χ3v) is 10.5. The lowest BCUT2D eigenvalue weighted by Crippen LogP contribution is -2.32. The van der Waals surface area contributed by atoms with Gasteiger partial charge in [-0.25, -0.2) is 13.1 Å². The van der Waals surface area contributed by atoms with Crippen LogP contribution < -0.4 is 4.72 Å². The molecule has 0 aliphatic carbocycles. The van der Waals surface area contributed by atoms with Crippen LogP contribution in [-0.4, -0.2) is 19.5 Å². The molecule has 1 aliphatic heterocycles. The summed E-state index contributed by atoms with van der Waals surface area (Å²) < 4.78 is 31.9. The molecule has 0 unspecified atom stereocenters. The average molecular weight is 609 g/mol. The number of nitrogens with one attached hydrogen (secondary N) is 1. The van der Waals surface area contributed by atoms with Gasteiger partial charge in [0.1, 0.15) is 5.54 Å². The van der Waals surface area contributed by atoms with E-state index in [2.05, 4.69) is 126 Å². The maximum absolute atomic E-state index is 13.3. The number of hydrogen-bond donors (Lipinski definition) is 1. The van der Waals surface area contributed by atoms with E-state index in [0.717, 1.165) is 38.9 Å². The molecular formula is C40H36N2O2S. The van der Waals surface area contributed by atoms with Crippen molar-refractivity contribution in [3.63, 3.8) is 0 Å². The van der Waals surface area contributed by atoms with Gasteiger partial charge in [0.2, 0.25) is 10.0 Å². The molecule has 0 amide bonds. The fourth-order valence-corrected chi connectivity index (χ4v) is 7.74. The van der Waals surface area contributed by atoms with Crippen molar-refractivity contribution in [1.82, 2.24) is 9.29 Å². The number of fused-ring (bicyclic) bond motifs is 3. The Morgan fingerprint density at radius 2 is 1.18 bits per heavy atom. The molecule has 0 spiro atoms. The van der Waals surface area contributed by atoms with E-state index in [4.69, 9.17) is 0 Å². The van der Waals surface area contributed by atoms with Gasteiger partial charge >= 0.3 is 0 Å². The number of nitrogens with zero attached hydrogens (tertiary/aromatic N) is 1. The number of benzene rings is 5. The van der Waals surface area contributed by atoms with Gasteiger partial charge in [-0.1, -0.05) is 126 Å². The summed E-state index contributed by atoms with van der Waals surface area (Å²) in [4.78, 5) is 0.280. The predicted octanol–water partition coefficient (Wildman–Crippen LogP) is 8.32. The molecule has 1 N–H and O–H groups in total. The molecule has 5 heteroatoms. The van der Waals surface area contributed by atoms with Crippen LogP contribution in [-0.2, 0) is 22.0 Å². The summed E-state index contributed by atoms with van der Waals surface area (Å²) >= 11 is 0. The van der Waals surface area contributed by atoms with Crippen molar-refractivity contribution in [2.75, 3.05) is 6.54 Å². The summed E-state index contributed by atoms with van der Waals surface area (Å²) in [7, 11) is -3.65. The van der Waals surface area contributed by atoms with Crippen molar-refractivity contribution in [2.45, 2.75) is 37.6 Å². The number of para-hydroxylation sites is 1. The molecule has 1 aliphatic rings. The van der Waals surface area contributed by atoms with Gasteiger partial charge in [-0.05, 0) is 73.7 Å². The van der Waals surface area contributed by atoms with E-state index in [9.17, 15) is 8.42 Å². The maximum Gasteiger partial charge on any atom is 0.240 e. The van der Waals surface area contributed by atoms with E-state index in [0.29, 0.717) is 6.42 Å². The van der Waals surface area contributed by atoms with Gasteiger partial charge in [-0.15, -0.1) is 0 Å². The van der Waals surface area contributed by atoms with Crippen molar-refractivity contribution >= 4 is 26.5 Å². The molecule has 6 aromatic rings. The standard InChI is InChI=1S/C40H36N2O2S/c1-28-13-19-32(20-14-28)40(33-21-15-29(2)16-22-33)27-37(31-9-5-4-6-10-31)39-36(35-11-7-8-12-38(35)42(39)40)25-26-41-45(43,44)34-23-17-30(3)18-24-34/h4-24,27,41H,25-26H2,1-3H3. The largest absolute Gasteiger partial charge is 0.322 e. The fourth-order valence-electron chi connectivity index (χ4n) is 6.71. The summed E-state index contributed by atoms with van der Waals surface area (Å²) in [5.74, 6) is 0. The highest BCUT2D eigenvalue weighted by molar-refractivity contribution is 7.89. The molecule has 0 bridgehead atoms. The molecule has 224 valence electrons. The van der Waals surface area contributed by atoms with Gasteiger partial charge in [-0.2, -0.15) is 0 Å². The van der Waals surface area contributed by atoms with Gasteiger partial charge in [0.15, 0.2) is 0 Å². The third-order valence-electron chi connectivity index (χ3n) is 9.01. The molecule has 7 rings (SSSR count). The van der Waals surface area contributed by atoms with E-state index >= 15 is 0 Å². The first-order chi connectivity index (χ1) is 21.8. The molecule has 0 saturated carbocycles. The number of aromatic nitrogens is 1. The van der Waals surface area contributed by atoms with Crippen molar-refractivity contribution < 1.29 is 8.42 Å². The van der Waals surface area contributed by atoms with Crippen molar-refractivity contribution in [2.24, 2.45) is 0 Å². The van der Waals surface area contributed by atoms with Gasteiger partial charge in [0, 0.05) is 17.5 Å². The first-order valence-electron chi connectivity index (χ1n) is 15.4. The summed E-state index contributed by atoms with van der Waals surface area (Å²) in [6.07, 6.45) is 2.95. The van der Waals surface area contributed by atoms with Crippen LogP contribution in [0, 0.1) is 20.8 Å². The molecule has 0 saturated heterocycles. The second kappa shape index (κ2) is 11.3. The summed E-state index contributed by atoms with van der Waals surface area (Å²) in [6, 6.07) is 43.8. The minimum absolute atomic E-state index is 0.279. The number of rotatable bonds is 8. The van der Waals surface area contributed by atoms with Crippen LogP contribution in [0.4, 0.5) is 0 Å². The van der Waals surface area contributed by atoms with Crippen LogP contribution in [0.25, 0.3) is 16.5 Å². The second-order valence-corrected chi connectivity index (χ2v) is 13.8.